The van der Waals surface area contributed by atoms with Gasteiger partial charge in [0.05, 0.1) is 17.9 Å². The van der Waals surface area contributed by atoms with E-state index in [4.69, 9.17) is 4.42 Å². The van der Waals surface area contributed by atoms with Crippen molar-refractivity contribution in [2.24, 2.45) is 0 Å². The number of carbonyl (C=O) groups is 1. The first-order valence-corrected chi connectivity index (χ1v) is 5.08. The van der Waals surface area contributed by atoms with Crippen LogP contribution in [0.1, 0.15) is 22.1 Å². The van der Waals surface area contributed by atoms with Gasteiger partial charge in [0.15, 0.2) is 5.89 Å². The minimum Gasteiger partial charge on any atom is -0.436 e. The van der Waals surface area contributed by atoms with Crippen LogP contribution in [0.5, 0.6) is 0 Å². The van der Waals surface area contributed by atoms with Crippen molar-refractivity contribution in [3.63, 3.8) is 0 Å². The van der Waals surface area contributed by atoms with Gasteiger partial charge >= 0.3 is 0 Å². The number of amides is 1. The fourth-order valence-corrected chi connectivity index (χ4v) is 1.81. The molecule has 2 N–H and O–H groups in total. The number of oxazole rings is 1. The summed E-state index contributed by atoms with van der Waals surface area (Å²) in [6, 6.07) is 0. The zero-order valence-electron chi connectivity index (χ0n) is 9.17. The standard InChI is InChI=1S/C10H14N2O4/c1-5-9(16-6(2)11-5)10(15)12-3-7(13)8(14)4-12/h7-8,13-14H,3-4H2,1-2H3. The molecule has 2 rings (SSSR count). The zero-order valence-corrected chi connectivity index (χ0v) is 9.17. The van der Waals surface area contributed by atoms with Gasteiger partial charge in [-0.1, -0.05) is 0 Å². The number of aryl methyl sites for hydroxylation is 2. The van der Waals surface area contributed by atoms with Gasteiger partial charge in [0.25, 0.3) is 5.91 Å². The van der Waals surface area contributed by atoms with Crippen molar-refractivity contribution >= 4 is 5.91 Å². The van der Waals surface area contributed by atoms with Gasteiger partial charge in [0.2, 0.25) is 5.76 Å². The second kappa shape index (κ2) is 3.88. The first kappa shape index (κ1) is 11.1. The van der Waals surface area contributed by atoms with Gasteiger partial charge in [-0.05, 0) is 6.92 Å². The van der Waals surface area contributed by atoms with Crippen molar-refractivity contribution in [1.82, 2.24) is 9.88 Å². The van der Waals surface area contributed by atoms with Crippen molar-refractivity contribution in [1.29, 1.82) is 0 Å². The van der Waals surface area contributed by atoms with Gasteiger partial charge in [-0.15, -0.1) is 0 Å². The van der Waals surface area contributed by atoms with E-state index in [2.05, 4.69) is 4.98 Å². The van der Waals surface area contributed by atoms with E-state index in [-0.39, 0.29) is 24.8 Å². The third kappa shape index (κ3) is 1.81. The summed E-state index contributed by atoms with van der Waals surface area (Å²) >= 11 is 0. The number of rotatable bonds is 1. The molecule has 6 nitrogen and oxygen atoms in total. The number of hydrogen-bond donors (Lipinski definition) is 2. The van der Waals surface area contributed by atoms with Gasteiger partial charge in [0.1, 0.15) is 0 Å². The van der Waals surface area contributed by atoms with Gasteiger partial charge in [-0.2, -0.15) is 0 Å². The molecule has 2 unspecified atom stereocenters. The fraction of sp³-hybridized carbons (Fsp3) is 0.600. The van der Waals surface area contributed by atoms with Crippen LogP contribution < -0.4 is 0 Å². The Bertz CT molecular complexity index is 405. The zero-order chi connectivity index (χ0) is 11.9. The Hall–Kier alpha value is -1.40. The van der Waals surface area contributed by atoms with Crippen molar-refractivity contribution in [3.05, 3.63) is 17.3 Å². The molecular formula is C10H14N2O4. The number of hydrogen-bond acceptors (Lipinski definition) is 5. The number of nitrogens with zero attached hydrogens (tertiary/aromatic N) is 2. The molecule has 0 aromatic carbocycles. The van der Waals surface area contributed by atoms with Crippen molar-refractivity contribution in [2.75, 3.05) is 13.1 Å². The molecule has 2 atom stereocenters. The van der Waals surface area contributed by atoms with E-state index in [9.17, 15) is 15.0 Å². The van der Waals surface area contributed by atoms with Crippen LogP contribution in [0, 0.1) is 13.8 Å². The Labute approximate surface area is 92.5 Å². The minimum absolute atomic E-state index is 0.124. The molecule has 1 saturated heterocycles. The SMILES string of the molecule is Cc1nc(C)c(C(=O)N2CC(O)C(O)C2)o1. The highest BCUT2D eigenvalue weighted by Crippen LogP contribution is 2.17. The lowest BCUT2D eigenvalue weighted by Gasteiger charge is -2.13. The molecule has 0 aliphatic carbocycles. The first-order valence-electron chi connectivity index (χ1n) is 5.08. The highest BCUT2D eigenvalue weighted by molar-refractivity contribution is 5.92. The van der Waals surface area contributed by atoms with Crippen LogP contribution in [0.25, 0.3) is 0 Å². The normalized spacial score (nSPS) is 25.1. The summed E-state index contributed by atoms with van der Waals surface area (Å²) in [6.07, 6.45) is -1.76. The van der Waals surface area contributed by atoms with Crippen LogP contribution in [0.4, 0.5) is 0 Å². The third-order valence-corrected chi connectivity index (χ3v) is 2.64. The molecule has 0 spiro atoms. The van der Waals surface area contributed by atoms with Crippen LogP contribution in [0.2, 0.25) is 0 Å². The second-order valence-electron chi connectivity index (χ2n) is 3.99. The molecule has 1 aliphatic heterocycles. The lowest BCUT2D eigenvalue weighted by Crippen LogP contribution is -2.30. The molecule has 1 aliphatic rings. The Morgan fingerprint density at radius 3 is 2.38 bits per heavy atom. The molecule has 1 aromatic heterocycles. The molecule has 16 heavy (non-hydrogen) atoms. The Balaban J connectivity index is 2.17. The fourth-order valence-electron chi connectivity index (χ4n) is 1.81. The minimum atomic E-state index is -0.881. The molecule has 0 bridgehead atoms. The highest BCUT2D eigenvalue weighted by Gasteiger charge is 2.34. The quantitative estimate of drug-likeness (QED) is 0.672. The number of aliphatic hydroxyl groups excluding tert-OH is 2. The molecule has 1 amide bonds. The molecule has 6 heteroatoms. The van der Waals surface area contributed by atoms with Crippen molar-refractivity contribution in [3.8, 4) is 0 Å². The molecule has 0 radical (unpaired) electrons. The van der Waals surface area contributed by atoms with Gasteiger partial charge in [-0.25, -0.2) is 4.98 Å². The number of aliphatic hydroxyl groups is 2. The van der Waals surface area contributed by atoms with Crippen LogP contribution in [0.15, 0.2) is 4.42 Å². The van der Waals surface area contributed by atoms with Crippen LogP contribution in [0.3, 0.4) is 0 Å². The summed E-state index contributed by atoms with van der Waals surface area (Å²) in [5.74, 6) is 0.272. The van der Waals surface area contributed by atoms with Crippen molar-refractivity contribution in [2.45, 2.75) is 26.1 Å². The van der Waals surface area contributed by atoms with E-state index in [1.54, 1.807) is 13.8 Å². The summed E-state index contributed by atoms with van der Waals surface area (Å²) in [6.45, 7) is 3.60. The number of carbonyl (C=O) groups excluding carboxylic acids is 1. The maximum atomic E-state index is 11.9. The summed E-state index contributed by atoms with van der Waals surface area (Å²) in [4.78, 5) is 17.3. The van der Waals surface area contributed by atoms with Gasteiger partial charge < -0.3 is 19.5 Å². The topological polar surface area (TPSA) is 86.8 Å². The van der Waals surface area contributed by atoms with Crippen molar-refractivity contribution < 1.29 is 19.4 Å². The van der Waals surface area contributed by atoms with E-state index in [0.29, 0.717) is 11.6 Å². The summed E-state index contributed by atoms with van der Waals surface area (Å²) < 4.78 is 5.19. The predicted octanol–water partition coefficient (Wildman–Crippen LogP) is -0.531. The maximum Gasteiger partial charge on any atom is 0.291 e. The predicted molar refractivity (Wildman–Crippen MR) is 53.9 cm³/mol. The van der Waals surface area contributed by atoms with E-state index in [1.165, 1.54) is 4.90 Å². The lowest BCUT2D eigenvalue weighted by molar-refractivity contribution is 0.0572. The van der Waals surface area contributed by atoms with Crippen LogP contribution in [-0.4, -0.2) is 51.3 Å². The Morgan fingerprint density at radius 2 is 1.94 bits per heavy atom. The monoisotopic (exact) mass is 226 g/mol. The highest BCUT2D eigenvalue weighted by atomic mass is 16.4. The molecule has 1 fully saturated rings. The smallest absolute Gasteiger partial charge is 0.291 e. The molecule has 0 saturated carbocycles. The van der Waals surface area contributed by atoms with E-state index < -0.39 is 12.2 Å². The van der Waals surface area contributed by atoms with E-state index >= 15 is 0 Å². The molecular weight excluding hydrogens is 212 g/mol. The number of β-amino-alcohol motifs (C(OH)–C–C–N with tert-alkyl or cyclic N) is 2. The lowest BCUT2D eigenvalue weighted by atomic mass is 10.3. The first-order chi connectivity index (χ1) is 7.49. The maximum absolute atomic E-state index is 11.9. The number of likely N-dealkylation sites (tertiary alicyclic amines) is 1. The average molecular weight is 226 g/mol. The second-order valence-corrected chi connectivity index (χ2v) is 3.99. The van der Waals surface area contributed by atoms with Crippen LogP contribution in [-0.2, 0) is 0 Å². The summed E-state index contributed by atoms with van der Waals surface area (Å²) in [5, 5.41) is 18.7. The number of aromatic nitrogens is 1. The van der Waals surface area contributed by atoms with Gasteiger partial charge in [0, 0.05) is 20.0 Å². The summed E-state index contributed by atoms with van der Waals surface area (Å²) in [7, 11) is 0. The molecule has 88 valence electrons. The molecule has 2 heterocycles. The Morgan fingerprint density at radius 1 is 1.38 bits per heavy atom. The largest absolute Gasteiger partial charge is 0.436 e. The average Bonchev–Trinajstić information content (AvgIpc) is 2.70. The van der Waals surface area contributed by atoms with E-state index in [0.717, 1.165) is 0 Å². The van der Waals surface area contributed by atoms with Crippen LogP contribution >= 0.6 is 0 Å². The van der Waals surface area contributed by atoms with Gasteiger partial charge in [-0.3, -0.25) is 4.79 Å². The molecule has 1 aromatic rings. The Kier molecular flexibility index (Phi) is 2.69. The van der Waals surface area contributed by atoms with E-state index in [1.807, 2.05) is 0 Å². The third-order valence-electron chi connectivity index (χ3n) is 2.64. The summed E-state index contributed by atoms with van der Waals surface area (Å²) in [5.41, 5.74) is 0.526.